The number of halogens is 2. The molecule has 0 unspecified atom stereocenters. The lowest BCUT2D eigenvalue weighted by molar-refractivity contribution is -0.145. The summed E-state index contributed by atoms with van der Waals surface area (Å²) in [5.74, 6) is 1.56. The molecule has 0 spiro atoms. The second-order valence-corrected chi connectivity index (χ2v) is 7.12. The number of carbonyl (C=O) groups is 1. The van der Waals surface area contributed by atoms with Crippen LogP contribution in [-0.2, 0) is 11.8 Å². The van der Waals surface area contributed by atoms with E-state index in [0.29, 0.717) is 23.9 Å². The van der Waals surface area contributed by atoms with E-state index in [2.05, 4.69) is 9.88 Å². The van der Waals surface area contributed by atoms with E-state index in [9.17, 15) is 4.79 Å². The molecule has 1 aliphatic heterocycles. The molecule has 142 valence electrons. The van der Waals surface area contributed by atoms with Crippen molar-refractivity contribution in [2.75, 3.05) is 31.1 Å². The van der Waals surface area contributed by atoms with E-state index in [1.807, 2.05) is 22.7 Å². The lowest BCUT2D eigenvalue weighted by atomic mass is 10.1. The van der Waals surface area contributed by atoms with E-state index in [1.54, 1.807) is 44.3 Å². The SMILES string of the molecule is Cl.Cn1ccnc1N1CCN(C(=O)C(C)(C)Oc2ccc(Cl)cc2)CC1. The van der Waals surface area contributed by atoms with Crippen LogP contribution in [0.2, 0.25) is 5.02 Å². The third-order valence-electron chi connectivity index (χ3n) is 4.35. The monoisotopic (exact) mass is 398 g/mol. The van der Waals surface area contributed by atoms with Crippen molar-refractivity contribution < 1.29 is 9.53 Å². The van der Waals surface area contributed by atoms with Crippen molar-refractivity contribution in [1.29, 1.82) is 0 Å². The maximum absolute atomic E-state index is 12.9. The molecule has 0 saturated carbocycles. The summed E-state index contributed by atoms with van der Waals surface area (Å²) in [6.07, 6.45) is 3.71. The molecule has 2 aromatic rings. The molecule has 0 atom stereocenters. The Balaban J connectivity index is 0.00000243. The molecule has 3 rings (SSSR count). The van der Waals surface area contributed by atoms with Gasteiger partial charge in [0.15, 0.2) is 5.60 Å². The number of anilines is 1. The van der Waals surface area contributed by atoms with Gasteiger partial charge < -0.3 is 19.1 Å². The van der Waals surface area contributed by atoms with E-state index in [0.717, 1.165) is 19.0 Å². The Morgan fingerprint density at radius 1 is 1.15 bits per heavy atom. The van der Waals surface area contributed by atoms with Gasteiger partial charge in [0.05, 0.1) is 0 Å². The first kappa shape index (κ1) is 20.4. The number of aryl methyl sites for hydroxylation is 1. The van der Waals surface area contributed by atoms with Gasteiger partial charge in [0.1, 0.15) is 5.75 Å². The van der Waals surface area contributed by atoms with Crippen LogP contribution >= 0.6 is 24.0 Å². The third kappa shape index (κ3) is 4.43. The van der Waals surface area contributed by atoms with Gasteiger partial charge in [-0.15, -0.1) is 12.4 Å². The number of aromatic nitrogens is 2. The van der Waals surface area contributed by atoms with E-state index < -0.39 is 5.60 Å². The van der Waals surface area contributed by atoms with Gasteiger partial charge in [-0.3, -0.25) is 4.79 Å². The summed E-state index contributed by atoms with van der Waals surface area (Å²) in [5, 5.41) is 0.641. The van der Waals surface area contributed by atoms with Crippen molar-refractivity contribution in [1.82, 2.24) is 14.5 Å². The summed E-state index contributed by atoms with van der Waals surface area (Å²) in [7, 11) is 1.98. The van der Waals surface area contributed by atoms with Crippen LogP contribution in [0.1, 0.15) is 13.8 Å². The van der Waals surface area contributed by atoms with Crippen LogP contribution in [0.25, 0.3) is 0 Å². The Morgan fingerprint density at radius 3 is 2.31 bits per heavy atom. The van der Waals surface area contributed by atoms with Crippen molar-refractivity contribution in [2.24, 2.45) is 7.05 Å². The maximum atomic E-state index is 12.9. The zero-order valence-electron chi connectivity index (χ0n) is 15.2. The largest absolute Gasteiger partial charge is 0.478 e. The molecule has 0 bridgehead atoms. The summed E-state index contributed by atoms with van der Waals surface area (Å²) in [5.41, 5.74) is -0.931. The molecule has 1 aliphatic rings. The molecular weight excluding hydrogens is 375 g/mol. The van der Waals surface area contributed by atoms with Gasteiger partial charge in [-0.05, 0) is 38.1 Å². The summed E-state index contributed by atoms with van der Waals surface area (Å²) in [4.78, 5) is 21.3. The molecule has 1 amide bonds. The molecule has 26 heavy (non-hydrogen) atoms. The fraction of sp³-hybridized carbons (Fsp3) is 0.444. The lowest BCUT2D eigenvalue weighted by Gasteiger charge is -2.38. The van der Waals surface area contributed by atoms with E-state index in [-0.39, 0.29) is 18.3 Å². The predicted molar refractivity (Wildman–Crippen MR) is 105 cm³/mol. The number of hydrogen-bond acceptors (Lipinski definition) is 4. The normalized spacial score (nSPS) is 14.8. The van der Waals surface area contributed by atoms with Crippen LogP contribution in [0.15, 0.2) is 36.7 Å². The molecule has 0 radical (unpaired) electrons. The zero-order chi connectivity index (χ0) is 18.0. The van der Waals surface area contributed by atoms with E-state index in [4.69, 9.17) is 16.3 Å². The van der Waals surface area contributed by atoms with Crippen molar-refractivity contribution in [3.63, 3.8) is 0 Å². The topological polar surface area (TPSA) is 50.6 Å². The highest BCUT2D eigenvalue weighted by atomic mass is 35.5. The fourth-order valence-electron chi connectivity index (χ4n) is 2.99. The number of amides is 1. The standard InChI is InChI=1S/C18H23ClN4O2.ClH/c1-18(2,25-15-6-4-14(19)5-7-15)16(24)22-10-12-23(13-11-22)17-20-8-9-21(17)3;/h4-9H,10-13H2,1-3H3;1H. The molecule has 6 nitrogen and oxygen atoms in total. The first-order valence-electron chi connectivity index (χ1n) is 8.33. The molecule has 0 N–H and O–H groups in total. The van der Waals surface area contributed by atoms with Crippen LogP contribution in [0, 0.1) is 0 Å². The Labute approximate surface area is 165 Å². The minimum Gasteiger partial charge on any atom is -0.478 e. The van der Waals surface area contributed by atoms with Crippen molar-refractivity contribution in [2.45, 2.75) is 19.4 Å². The predicted octanol–water partition coefficient (Wildman–Crippen LogP) is 3.00. The highest BCUT2D eigenvalue weighted by molar-refractivity contribution is 6.30. The van der Waals surface area contributed by atoms with Crippen molar-refractivity contribution in [3.8, 4) is 5.75 Å². The number of ether oxygens (including phenoxy) is 1. The van der Waals surface area contributed by atoms with E-state index >= 15 is 0 Å². The average molecular weight is 399 g/mol. The molecular formula is C18H24Cl2N4O2. The fourth-order valence-corrected chi connectivity index (χ4v) is 3.12. The van der Waals surface area contributed by atoms with Gasteiger partial charge in [0.2, 0.25) is 5.95 Å². The number of benzene rings is 1. The summed E-state index contributed by atoms with van der Waals surface area (Å²) < 4.78 is 7.90. The van der Waals surface area contributed by atoms with Gasteiger partial charge in [-0.1, -0.05) is 11.6 Å². The molecule has 1 fully saturated rings. The number of piperazine rings is 1. The quantitative estimate of drug-likeness (QED) is 0.793. The number of carbonyl (C=O) groups excluding carboxylic acids is 1. The lowest BCUT2D eigenvalue weighted by Crippen LogP contribution is -2.56. The summed E-state index contributed by atoms with van der Waals surface area (Å²) in [6, 6.07) is 7.05. The Morgan fingerprint density at radius 2 is 1.77 bits per heavy atom. The molecule has 2 heterocycles. The molecule has 8 heteroatoms. The van der Waals surface area contributed by atoms with Crippen LogP contribution in [0.5, 0.6) is 5.75 Å². The highest BCUT2D eigenvalue weighted by Crippen LogP contribution is 2.23. The number of imidazole rings is 1. The molecule has 1 aromatic heterocycles. The molecule has 1 aromatic carbocycles. The summed E-state index contributed by atoms with van der Waals surface area (Å²) >= 11 is 5.89. The highest BCUT2D eigenvalue weighted by Gasteiger charge is 2.36. The number of nitrogens with zero attached hydrogens (tertiary/aromatic N) is 4. The average Bonchev–Trinajstić information content (AvgIpc) is 3.02. The van der Waals surface area contributed by atoms with Gasteiger partial charge in [0.25, 0.3) is 5.91 Å². The van der Waals surface area contributed by atoms with Gasteiger partial charge in [0, 0.05) is 50.6 Å². The minimum absolute atomic E-state index is 0. The number of hydrogen-bond donors (Lipinski definition) is 0. The van der Waals surface area contributed by atoms with Crippen molar-refractivity contribution >= 4 is 35.9 Å². The van der Waals surface area contributed by atoms with E-state index in [1.165, 1.54) is 0 Å². The second kappa shape index (κ2) is 8.18. The van der Waals surface area contributed by atoms with Crippen LogP contribution in [-0.4, -0.2) is 52.1 Å². The molecule has 0 aliphatic carbocycles. The smallest absolute Gasteiger partial charge is 0.266 e. The third-order valence-corrected chi connectivity index (χ3v) is 4.60. The van der Waals surface area contributed by atoms with Crippen LogP contribution in [0.3, 0.4) is 0 Å². The van der Waals surface area contributed by atoms with Gasteiger partial charge in [-0.2, -0.15) is 0 Å². The Bertz CT molecular complexity index is 738. The Hall–Kier alpha value is -1.92. The number of rotatable bonds is 4. The zero-order valence-corrected chi connectivity index (χ0v) is 16.8. The second-order valence-electron chi connectivity index (χ2n) is 6.68. The van der Waals surface area contributed by atoms with Crippen LogP contribution in [0.4, 0.5) is 5.95 Å². The first-order valence-corrected chi connectivity index (χ1v) is 8.71. The van der Waals surface area contributed by atoms with Gasteiger partial charge >= 0.3 is 0 Å². The first-order chi connectivity index (χ1) is 11.9. The van der Waals surface area contributed by atoms with Crippen molar-refractivity contribution in [3.05, 3.63) is 41.7 Å². The minimum atomic E-state index is -0.931. The molecule has 1 saturated heterocycles. The maximum Gasteiger partial charge on any atom is 0.266 e. The van der Waals surface area contributed by atoms with Gasteiger partial charge in [-0.25, -0.2) is 4.98 Å². The van der Waals surface area contributed by atoms with Crippen LogP contribution < -0.4 is 9.64 Å². The Kier molecular flexibility index (Phi) is 6.42. The summed E-state index contributed by atoms with van der Waals surface area (Å²) in [6.45, 7) is 6.42.